The molecule has 11 heteroatoms. The van der Waals surface area contributed by atoms with Crippen molar-refractivity contribution in [3.8, 4) is 28.6 Å². The van der Waals surface area contributed by atoms with Crippen LogP contribution in [0.3, 0.4) is 0 Å². The first-order valence-corrected chi connectivity index (χ1v) is 9.12. The number of imidazole rings is 1. The van der Waals surface area contributed by atoms with Crippen molar-refractivity contribution in [3.05, 3.63) is 35.6 Å². The fourth-order valence-electron chi connectivity index (χ4n) is 3.63. The second-order valence-corrected chi connectivity index (χ2v) is 7.59. The number of aliphatic hydroxyl groups excluding tert-OH is 1. The lowest BCUT2D eigenvalue weighted by Gasteiger charge is -2.41. The summed E-state index contributed by atoms with van der Waals surface area (Å²) in [4.78, 5) is 4.36. The van der Waals surface area contributed by atoms with E-state index in [0.717, 1.165) is 18.2 Å². The predicted molar refractivity (Wildman–Crippen MR) is 100 cm³/mol. The molecule has 2 aromatic carbocycles. The normalized spacial score (nSPS) is 16.9. The molecule has 0 radical (unpaired) electrons. The van der Waals surface area contributed by atoms with Crippen molar-refractivity contribution in [2.24, 2.45) is 0 Å². The molecule has 7 nitrogen and oxygen atoms in total. The topological polar surface area (TPSA) is 97.0 Å². The van der Waals surface area contributed by atoms with Crippen molar-refractivity contribution in [3.63, 3.8) is 0 Å². The first-order valence-electron chi connectivity index (χ1n) is 9.12. The van der Waals surface area contributed by atoms with Gasteiger partial charge in [0.2, 0.25) is 5.75 Å². The summed E-state index contributed by atoms with van der Waals surface area (Å²) >= 11 is 0. The highest BCUT2D eigenvalue weighted by molar-refractivity contribution is 5.83. The highest BCUT2D eigenvalue weighted by atomic mass is 19.4. The molecule has 1 aliphatic heterocycles. The number of hydrogen-bond acceptors (Lipinski definition) is 6. The Kier molecular flexibility index (Phi) is 4.78. The fraction of sp³-hybridized carbons (Fsp3) is 0.350. The van der Waals surface area contributed by atoms with Crippen molar-refractivity contribution in [1.29, 1.82) is 0 Å². The van der Waals surface area contributed by atoms with E-state index >= 15 is 0 Å². The zero-order valence-electron chi connectivity index (χ0n) is 16.4. The summed E-state index contributed by atoms with van der Waals surface area (Å²) in [5.74, 6) is -3.23. The number of nitrogens with zero attached hydrogens (tertiary/aromatic N) is 2. The molecule has 4 rings (SSSR count). The van der Waals surface area contributed by atoms with Gasteiger partial charge in [0.1, 0.15) is 5.82 Å². The van der Waals surface area contributed by atoms with Crippen molar-refractivity contribution in [1.82, 2.24) is 9.55 Å². The summed E-state index contributed by atoms with van der Waals surface area (Å²) in [5.41, 5.74) is -0.948. The third kappa shape index (κ3) is 3.24. The summed E-state index contributed by atoms with van der Waals surface area (Å²) < 4.78 is 65.7. The molecule has 0 spiro atoms. The van der Waals surface area contributed by atoms with E-state index < -0.39 is 40.7 Å². The zero-order chi connectivity index (χ0) is 22.7. The van der Waals surface area contributed by atoms with E-state index in [1.165, 1.54) is 17.7 Å². The Balaban J connectivity index is 2.01. The van der Waals surface area contributed by atoms with Crippen LogP contribution < -0.4 is 4.74 Å². The van der Waals surface area contributed by atoms with E-state index in [4.69, 9.17) is 9.47 Å². The number of halogens is 4. The molecule has 1 unspecified atom stereocenters. The smallest absolute Gasteiger partial charge is 0.418 e. The number of hydrogen-bond donors (Lipinski definition) is 3. The lowest BCUT2D eigenvalue weighted by molar-refractivity contribution is -0.206. The summed E-state index contributed by atoms with van der Waals surface area (Å²) in [6, 6.07) is 4.66. The number of ether oxygens (including phenoxy) is 2. The SMILES string of the molecule is COc1cc(-c2nc3ccc(C(O)C(F)(F)F)cc3n2C2(C)COC2)c(F)c(O)c1O. The average molecular weight is 442 g/mol. The van der Waals surface area contributed by atoms with Crippen molar-refractivity contribution >= 4 is 11.0 Å². The van der Waals surface area contributed by atoms with Crippen LogP contribution in [-0.2, 0) is 10.3 Å². The molecule has 0 aliphatic carbocycles. The van der Waals surface area contributed by atoms with Gasteiger partial charge in [0, 0.05) is 0 Å². The van der Waals surface area contributed by atoms with E-state index in [2.05, 4.69) is 4.98 Å². The van der Waals surface area contributed by atoms with Crippen LogP contribution in [0.15, 0.2) is 24.3 Å². The summed E-state index contributed by atoms with van der Waals surface area (Å²) in [6.45, 7) is 2.12. The maximum atomic E-state index is 14.9. The lowest BCUT2D eigenvalue weighted by atomic mass is 9.98. The Morgan fingerprint density at radius 2 is 1.87 bits per heavy atom. The van der Waals surface area contributed by atoms with Gasteiger partial charge in [0.15, 0.2) is 23.4 Å². The minimum absolute atomic E-state index is 0.00875. The van der Waals surface area contributed by atoms with Crippen LogP contribution in [0.2, 0.25) is 0 Å². The third-order valence-corrected chi connectivity index (χ3v) is 5.31. The number of aliphatic hydroxyl groups is 1. The fourth-order valence-corrected chi connectivity index (χ4v) is 3.63. The number of methoxy groups -OCH3 is 1. The number of fused-ring (bicyclic) bond motifs is 1. The van der Waals surface area contributed by atoms with Crippen LogP contribution in [0.25, 0.3) is 22.4 Å². The van der Waals surface area contributed by atoms with Crippen LogP contribution in [0.4, 0.5) is 17.6 Å². The van der Waals surface area contributed by atoms with Gasteiger partial charge in [-0.15, -0.1) is 0 Å². The van der Waals surface area contributed by atoms with Gasteiger partial charge in [-0.2, -0.15) is 13.2 Å². The first-order chi connectivity index (χ1) is 14.5. The molecule has 1 fully saturated rings. The Morgan fingerprint density at radius 1 is 1.19 bits per heavy atom. The zero-order valence-corrected chi connectivity index (χ0v) is 16.4. The molecular formula is C20H18F4N2O5. The third-order valence-electron chi connectivity index (χ3n) is 5.31. The number of aromatic nitrogens is 2. The molecule has 1 aromatic heterocycles. The lowest BCUT2D eigenvalue weighted by Crippen LogP contribution is -2.49. The molecule has 0 bridgehead atoms. The molecule has 2 heterocycles. The van der Waals surface area contributed by atoms with Crippen LogP contribution in [0, 0.1) is 5.82 Å². The van der Waals surface area contributed by atoms with Gasteiger partial charge in [0.05, 0.1) is 42.5 Å². The molecule has 1 aliphatic rings. The number of benzene rings is 2. The minimum Gasteiger partial charge on any atom is -0.502 e. The second kappa shape index (κ2) is 6.99. The van der Waals surface area contributed by atoms with Gasteiger partial charge in [0.25, 0.3) is 0 Å². The molecule has 1 atom stereocenters. The van der Waals surface area contributed by atoms with E-state index in [-0.39, 0.29) is 41.4 Å². The number of phenols is 2. The quantitative estimate of drug-likeness (QED) is 0.422. The molecule has 166 valence electrons. The Morgan fingerprint density at radius 3 is 2.42 bits per heavy atom. The minimum atomic E-state index is -4.87. The van der Waals surface area contributed by atoms with Crippen molar-refractivity contribution in [2.75, 3.05) is 20.3 Å². The molecule has 3 aromatic rings. The largest absolute Gasteiger partial charge is 0.502 e. The molecule has 3 N–H and O–H groups in total. The van der Waals surface area contributed by atoms with Gasteiger partial charge >= 0.3 is 6.18 Å². The van der Waals surface area contributed by atoms with Crippen LogP contribution in [-0.4, -0.2) is 51.4 Å². The standard InChI is InChI=1S/C20H18F4N2O5/c1-19(7-31-8-19)26-12-5-9(17(29)20(22,23)24)3-4-11(12)25-18(26)10-6-13(30-2)15(27)16(28)14(10)21/h3-6,17,27-29H,7-8H2,1-2H3. The van der Waals surface area contributed by atoms with Crippen LogP contribution >= 0.6 is 0 Å². The van der Waals surface area contributed by atoms with E-state index in [0.29, 0.717) is 0 Å². The van der Waals surface area contributed by atoms with Crippen LogP contribution in [0.5, 0.6) is 17.2 Å². The van der Waals surface area contributed by atoms with Gasteiger partial charge < -0.3 is 29.4 Å². The number of alkyl halides is 3. The monoisotopic (exact) mass is 442 g/mol. The summed E-state index contributed by atoms with van der Waals surface area (Å²) in [6.07, 6.45) is -7.57. The number of phenolic OH excluding ortho intramolecular Hbond substituents is 2. The van der Waals surface area contributed by atoms with Gasteiger partial charge in [-0.3, -0.25) is 0 Å². The summed E-state index contributed by atoms with van der Waals surface area (Å²) in [7, 11) is 1.21. The van der Waals surface area contributed by atoms with Crippen LogP contribution in [0.1, 0.15) is 18.6 Å². The average Bonchev–Trinajstić information content (AvgIpc) is 3.08. The van der Waals surface area contributed by atoms with E-state index in [1.807, 2.05) is 0 Å². The molecule has 31 heavy (non-hydrogen) atoms. The molecule has 0 saturated carbocycles. The highest BCUT2D eigenvalue weighted by Gasteiger charge is 2.42. The van der Waals surface area contributed by atoms with E-state index in [1.54, 1.807) is 6.92 Å². The first kappa shape index (κ1) is 21.2. The molecule has 1 saturated heterocycles. The van der Waals surface area contributed by atoms with Crippen molar-refractivity contribution < 1.29 is 42.4 Å². The number of aromatic hydroxyl groups is 2. The summed E-state index contributed by atoms with van der Waals surface area (Å²) in [5, 5.41) is 29.5. The molecular weight excluding hydrogens is 424 g/mol. The Bertz CT molecular complexity index is 1170. The Labute approximate surface area is 173 Å². The predicted octanol–water partition coefficient (Wildman–Crippen LogP) is 3.60. The maximum absolute atomic E-state index is 14.9. The Hall–Kier alpha value is -3.05. The van der Waals surface area contributed by atoms with E-state index in [9.17, 15) is 32.9 Å². The van der Waals surface area contributed by atoms with Crippen molar-refractivity contribution in [2.45, 2.75) is 24.7 Å². The molecule has 0 amide bonds. The number of rotatable bonds is 4. The second-order valence-electron chi connectivity index (χ2n) is 7.59. The highest BCUT2D eigenvalue weighted by Crippen LogP contribution is 2.45. The van der Waals surface area contributed by atoms with Gasteiger partial charge in [-0.05, 0) is 30.7 Å². The van der Waals surface area contributed by atoms with Gasteiger partial charge in [-0.1, -0.05) is 6.07 Å². The maximum Gasteiger partial charge on any atom is 0.418 e. The van der Waals surface area contributed by atoms with Gasteiger partial charge in [-0.25, -0.2) is 9.37 Å².